The van der Waals surface area contributed by atoms with Crippen LogP contribution >= 0.6 is 0 Å². The van der Waals surface area contributed by atoms with Crippen molar-refractivity contribution in [3.63, 3.8) is 0 Å². The average molecular weight is 224 g/mol. The fraction of sp³-hybridized carbons (Fsp3) is 0.667. The molecule has 4 nitrogen and oxygen atoms in total. The van der Waals surface area contributed by atoms with E-state index in [-0.39, 0.29) is 11.9 Å². The van der Waals surface area contributed by atoms with Gasteiger partial charge in [-0.25, -0.2) is 4.98 Å². The summed E-state index contributed by atoms with van der Waals surface area (Å²) in [5.74, 6) is 0.780. The third-order valence-electron chi connectivity index (χ3n) is 2.43. The van der Waals surface area contributed by atoms with Crippen molar-refractivity contribution >= 4 is 5.97 Å². The highest BCUT2D eigenvalue weighted by molar-refractivity contribution is 5.71. The van der Waals surface area contributed by atoms with E-state index < -0.39 is 0 Å². The minimum absolute atomic E-state index is 0.121. The van der Waals surface area contributed by atoms with Gasteiger partial charge in [-0.3, -0.25) is 4.79 Å². The van der Waals surface area contributed by atoms with Gasteiger partial charge in [-0.2, -0.15) is 0 Å². The molecule has 0 bridgehead atoms. The van der Waals surface area contributed by atoms with Crippen LogP contribution in [0, 0.1) is 5.92 Å². The highest BCUT2D eigenvalue weighted by atomic mass is 16.5. The number of ether oxygens (including phenoxy) is 1. The molecule has 0 aromatic carbocycles. The van der Waals surface area contributed by atoms with Crippen molar-refractivity contribution in [1.82, 2.24) is 9.55 Å². The van der Waals surface area contributed by atoms with E-state index in [1.54, 1.807) is 6.20 Å². The van der Waals surface area contributed by atoms with Crippen molar-refractivity contribution in [3.8, 4) is 0 Å². The number of carbonyl (C=O) groups is 1. The molecule has 1 aromatic rings. The lowest BCUT2D eigenvalue weighted by Crippen LogP contribution is -2.20. The molecule has 0 aliphatic rings. The standard InChI is InChI=1S/C12H20N2O2/c1-4-6-11-13-7-8-14(11)9-10(3)12(15)16-5-2/h7-8,10H,4-6,9H2,1-3H3. The Kier molecular flexibility index (Phi) is 5.02. The van der Waals surface area contributed by atoms with E-state index in [1.807, 2.05) is 24.6 Å². The zero-order valence-corrected chi connectivity index (χ0v) is 10.3. The first-order valence-corrected chi connectivity index (χ1v) is 5.85. The third kappa shape index (κ3) is 3.36. The largest absolute Gasteiger partial charge is 0.466 e. The van der Waals surface area contributed by atoms with Gasteiger partial charge in [-0.15, -0.1) is 0 Å². The van der Waals surface area contributed by atoms with Crippen LogP contribution in [0.2, 0.25) is 0 Å². The minimum Gasteiger partial charge on any atom is -0.466 e. The fourth-order valence-corrected chi connectivity index (χ4v) is 1.61. The van der Waals surface area contributed by atoms with Crippen LogP contribution < -0.4 is 0 Å². The van der Waals surface area contributed by atoms with Gasteiger partial charge in [0, 0.05) is 25.4 Å². The van der Waals surface area contributed by atoms with E-state index in [4.69, 9.17) is 4.74 Å². The predicted molar refractivity (Wildman–Crippen MR) is 62.0 cm³/mol. The van der Waals surface area contributed by atoms with Gasteiger partial charge in [0.05, 0.1) is 12.5 Å². The molecule has 0 saturated carbocycles. The number of hydrogen-bond donors (Lipinski definition) is 0. The maximum absolute atomic E-state index is 11.5. The van der Waals surface area contributed by atoms with Gasteiger partial charge in [0.15, 0.2) is 0 Å². The number of aromatic nitrogens is 2. The molecule has 0 fully saturated rings. The summed E-state index contributed by atoms with van der Waals surface area (Å²) in [6.45, 7) is 6.91. The van der Waals surface area contributed by atoms with Crippen LogP contribution in [0.15, 0.2) is 12.4 Å². The Balaban J connectivity index is 2.58. The molecule has 1 aromatic heterocycles. The number of imidazole rings is 1. The van der Waals surface area contributed by atoms with E-state index in [0.717, 1.165) is 18.7 Å². The van der Waals surface area contributed by atoms with Gasteiger partial charge < -0.3 is 9.30 Å². The van der Waals surface area contributed by atoms with Crippen molar-refractivity contribution in [2.45, 2.75) is 40.2 Å². The molecule has 0 amide bonds. The number of esters is 1. The van der Waals surface area contributed by atoms with Crippen molar-refractivity contribution < 1.29 is 9.53 Å². The number of carbonyl (C=O) groups excluding carboxylic acids is 1. The summed E-state index contributed by atoms with van der Waals surface area (Å²) in [6.07, 6.45) is 5.71. The van der Waals surface area contributed by atoms with Gasteiger partial charge in [0.2, 0.25) is 0 Å². The molecule has 0 radical (unpaired) electrons. The molecule has 0 aliphatic heterocycles. The first kappa shape index (κ1) is 12.7. The Labute approximate surface area is 96.6 Å². The second-order valence-electron chi connectivity index (χ2n) is 3.90. The number of nitrogens with zero attached hydrogens (tertiary/aromatic N) is 2. The second-order valence-corrected chi connectivity index (χ2v) is 3.90. The summed E-state index contributed by atoms with van der Waals surface area (Å²) < 4.78 is 7.01. The van der Waals surface area contributed by atoms with Gasteiger partial charge >= 0.3 is 5.97 Å². The smallest absolute Gasteiger partial charge is 0.310 e. The summed E-state index contributed by atoms with van der Waals surface area (Å²) in [6, 6.07) is 0. The lowest BCUT2D eigenvalue weighted by atomic mass is 10.2. The topological polar surface area (TPSA) is 44.1 Å². The average Bonchev–Trinajstić information content (AvgIpc) is 2.67. The zero-order valence-electron chi connectivity index (χ0n) is 10.3. The van der Waals surface area contributed by atoms with E-state index >= 15 is 0 Å². The molecule has 0 aliphatic carbocycles. The molecule has 0 N–H and O–H groups in total. The first-order chi connectivity index (χ1) is 7.69. The Bertz CT molecular complexity index is 334. The summed E-state index contributed by atoms with van der Waals surface area (Å²) in [5.41, 5.74) is 0. The van der Waals surface area contributed by atoms with Gasteiger partial charge in [-0.1, -0.05) is 13.8 Å². The van der Waals surface area contributed by atoms with E-state index in [9.17, 15) is 4.79 Å². The highest BCUT2D eigenvalue weighted by Gasteiger charge is 2.15. The molecule has 0 saturated heterocycles. The van der Waals surface area contributed by atoms with Crippen LogP contribution in [0.1, 0.15) is 33.0 Å². The molecule has 1 atom stereocenters. The monoisotopic (exact) mass is 224 g/mol. The Morgan fingerprint density at radius 3 is 2.94 bits per heavy atom. The SMILES string of the molecule is CCCc1nccn1CC(C)C(=O)OCC. The lowest BCUT2D eigenvalue weighted by Gasteiger charge is -2.13. The Hall–Kier alpha value is -1.32. The number of aryl methyl sites for hydroxylation is 1. The second kappa shape index (κ2) is 6.30. The Morgan fingerprint density at radius 2 is 2.31 bits per heavy atom. The van der Waals surface area contributed by atoms with Gasteiger partial charge in [0.25, 0.3) is 0 Å². The third-order valence-corrected chi connectivity index (χ3v) is 2.43. The molecule has 1 rings (SSSR count). The van der Waals surface area contributed by atoms with Crippen molar-refractivity contribution in [1.29, 1.82) is 0 Å². The van der Waals surface area contributed by atoms with Crippen molar-refractivity contribution in [2.24, 2.45) is 5.92 Å². The zero-order chi connectivity index (χ0) is 12.0. The van der Waals surface area contributed by atoms with Crippen LogP contribution in [0.4, 0.5) is 0 Å². The predicted octanol–water partition coefficient (Wildman–Crippen LogP) is 2.03. The molecule has 4 heteroatoms. The fourth-order valence-electron chi connectivity index (χ4n) is 1.61. The Morgan fingerprint density at radius 1 is 1.56 bits per heavy atom. The number of rotatable bonds is 6. The molecular weight excluding hydrogens is 204 g/mol. The summed E-state index contributed by atoms with van der Waals surface area (Å²) in [7, 11) is 0. The van der Waals surface area contributed by atoms with Crippen LogP contribution in [0.5, 0.6) is 0 Å². The minimum atomic E-state index is -0.140. The maximum atomic E-state index is 11.5. The molecule has 0 spiro atoms. The number of hydrogen-bond acceptors (Lipinski definition) is 3. The van der Waals surface area contributed by atoms with Crippen molar-refractivity contribution in [3.05, 3.63) is 18.2 Å². The quantitative estimate of drug-likeness (QED) is 0.694. The normalized spacial score (nSPS) is 12.4. The van der Waals surface area contributed by atoms with Crippen LogP contribution in [-0.4, -0.2) is 22.1 Å². The summed E-state index contributed by atoms with van der Waals surface area (Å²) >= 11 is 0. The summed E-state index contributed by atoms with van der Waals surface area (Å²) in [4.78, 5) is 15.8. The van der Waals surface area contributed by atoms with Crippen LogP contribution in [0.3, 0.4) is 0 Å². The van der Waals surface area contributed by atoms with Gasteiger partial charge in [-0.05, 0) is 13.3 Å². The first-order valence-electron chi connectivity index (χ1n) is 5.85. The lowest BCUT2D eigenvalue weighted by molar-refractivity contribution is -0.147. The molecular formula is C12H20N2O2. The molecule has 16 heavy (non-hydrogen) atoms. The van der Waals surface area contributed by atoms with E-state index in [0.29, 0.717) is 13.2 Å². The van der Waals surface area contributed by atoms with E-state index in [2.05, 4.69) is 11.9 Å². The molecule has 1 unspecified atom stereocenters. The molecule has 90 valence electrons. The van der Waals surface area contributed by atoms with E-state index in [1.165, 1.54) is 0 Å². The van der Waals surface area contributed by atoms with Crippen LogP contribution in [-0.2, 0) is 22.5 Å². The highest BCUT2D eigenvalue weighted by Crippen LogP contribution is 2.08. The summed E-state index contributed by atoms with van der Waals surface area (Å²) in [5, 5.41) is 0. The van der Waals surface area contributed by atoms with Gasteiger partial charge in [0.1, 0.15) is 5.82 Å². The van der Waals surface area contributed by atoms with Crippen molar-refractivity contribution in [2.75, 3.05) is 6.61 Å². The molecule has 1 heterocycles. The van der Waals surface area contributed by atoms with Crippen LogP contribution in [0.25, 0.3) is 0 Å². The maximum Gasteiger partial charge on any atom is 0.310 e.